The molecule has 0 aromatic heterocycles. The summed E-state index contributed by atoms with van der Waals surface area (Å²) in [5, 5.41) is 37.8. The van der Waals surface area contributed by atoms with E-state index in [0.29, 0.717) is 5.56 Å². The van der Waals surface area contributed by atoms with Gasteiger partial charge in [0.2, 0.25) is 0 Å². The van der Waals surface area contributed by atoms with Gasteiger partial charge in [0.05, 0.1) is 5.60 Å². The molecule has 1 aliphatic carbocycles. The number of likely N-dealkylation sites (N-methyl/N-ethyl adjacent to an activating group) is 1. The highest BCUT2D eigenvalue weighted by molar-refractivity contribution is 5.73. The van der Waals surface area contributed by atoms with E-state index in [9.17, 15) is 15.0 Å². The lowest BCUT2D eigenvalue weighted by atomic mass is 9.72. The number of carboxylic acids is 1. The molecule has 2 aromatic carbocycles. The molecular formula is C24H33NO5. The molecule has 6 nitrogen and oxygen atoms in total. The molecule has 164 valence electrons. The van der Waals surface area contributed by atoms with Crippen LogP contribution in [0.3, 0.4) is 0 Å². The van der Waals surface area contributed by atoms with Crippen LogP contribution in [0.25, 0.3) is 0 Å². The number of aliphatic hydroxyl groups excluding tert-OH is 1. The van der Waals surface area contributed by atoms with E-state index in [0.717, 1.165) is 37.8 Å². The zero-order valence-corrected chi connectivity index (χ0v) is 17.7. The summed E-state index contributed by atoms with van der Waals surface area (Å²) < 4.78 is 0. The van der Waals surface area contributed by atoms with E-state index in [-0.39, 0.29) is 11.7 Å². The van der Waals surface area contributed by atoms with Crippen LogP contribution in [0.4, 0.5) is 0 Å². The maximum Gasteiger partial charge on any atom is 0.337 e. The van der Waals surface area contributed by atoms with Gasteiger partial charge in [0.15, 0.2) is 6.10 Å². The van der Waals surface area contributed by atoms with Gasteiger partial charge in [-0.25, -0.2) is 4.79 Å². The molecule has 30 heavy (non-hydrogen) atoms. The zero-order chi connectivity index (χ0) is 22.1. The van der Waals surface area contributed by atoms with Gasteiger partial charge in [0.25, 0.3) is 0 Å². The number of hydrogen-bond donors (Lipinski definition) is 4. The van der Waals surface area contributed by atoms with Crippen LogP contribution in [-0.4, -0.2) is 57.5 Å². The number of hydrogen-bond acceptors (Lipinski definition) is 5. The summed E-state index contributed by atoms with van der Waals surface area (Å²) in [5.74, 6) is -0.831. The van der Waals surface area contributed by atoms with Crippen molar-refractivity contribution >= 4 is 5.97 Å². The first-order valence-corrected chi connectivity index (χ1v) is 10.3. The molecular weight excluding hydrogens is 382 g/mol. The molecule has 1 fully saturated rings. The second kappa shape index (κ2) is 11.1. The first-order chi connectivity index (χ1) is 14.2. The highest BCUT2D eigenvalue weighted by atomic mass is 16.4. The van der Waals surface area contributed by atoms with Crippen molar-refractivity contribution in [3.05, 3.63) is 65.7 Å². The Labute approximate surface area is 178 Å². The molecule has 1 saturated carbocycles. The lowest BCUT2D eigenvalue weighted by Gasteiger charge is -2.40. The molecule has 6 heteroatoms. The third kappa shape index (κ3) is 6.83. The van der Waals surface area contributed by atoms with Crippen LogP contribution in [-0.2, 0) is 4.79 Å². The number of aromatic hydroxyl groups is 1. The number of nitrogens with zero attached hydrogens (tertiary/aromatic N) is 1. The van der Waals surface area contributed by atoms with Gasteiger partial charge in [-0.2, -0.15) is 0 Å². The van der Waals surface area contributed by atoms with E-state index in [1.165, 1.54) is 6.42 Å². The van der Waals surface area contributed by atoms with Crippen molar-refractivity contribution in [1.29, 1.82) is 0 Å². The van der Waals surface area contributed by atoms with Crippen molar-refractivity contribution < 1.29 is 25.2 Å². The Hall–Kier alpha value is -2.41. The molecule has 0 saturated heterocycles. The molecule has 0 heterocycles. The average molecular weight is 416 g/mol. The Kier molecular flexibility index (Phi) is 8.84. The van der Waals surface area contributed by atoms with Crippen LogP contribution < -0.4 is 0 Å². The minimum Gasteiger partial charge on any atom is -0.508 e. The highest BCUT2D eigenvalue weighted by Gasteiger charge is 2.38. The van der Waals surface area contributed by atoms with Gasteiger partial charge in [-0.05, 0) is 50.2 Å². The Morgan fingerprint density at radius 3 is 2.03 bits per heavy atom. The molecule has 2 atom stereocenters. The Balaban J connectivity index is 0.000000248. The maximum absolute atomic E-state index is 11.0. The Morgan fingerprint density at radius 1 is 0.967 bits per heavy atom. The van der Waals surface area contributed by atoms with Crippen LogP contribution in [0, 0.1) is 0 Å². The molecule has 0 amide bonds. The summed E-state index contributed by atoms with van der Waals surface area (Å²) in [5.41, 5.74) is 0.926. The number of carboxylic acid groups (broad SMARTS) is 1. The van der Waals surface area contributed by atoms with Crippen molar-refractivity contribution in [3.8, 4) is 5.75 Å². The minimum absolute atomic E-state index is 0.114. The molecule has 0 spiro atoms. The van der Waals surface area contributed by atoms with E-state index in [2.05, 4.69) is 4.90 Å². The van der Waals surface area contributed by atoms with E-state index in [1.807, 2.05) is 26.2 Å². The highest BCUT2D eigenvalue weighted by Crippen LogP contribution is 2.40. The van der Waals surface area contributed by atoms with E-state index in [4.69, 9.17) is 10.2 Å². The maximum atomic E-state index is 11.0. The van der Waals surface area contributed by atoms with Crippen molar-refractivity contribution in [2.24, 2.45) is 0 Å². The first kappa shape index (κ1) is 23.9. The smallest absolute Gasteiger partial charge is 0.337 e. The molecule has 4 N–H and O–H groups in total. The summed E-state index contributed by atoms with van der Waals surface area (Å²) in [6, 6.07) is 15.6. The van der Waals surface area contributed by atoms with Crippen LogP contribution in [0.5, 0.6) is 5.75 Å². The fourth-order valence-electron chi connectivity index (χ4n) is 3.95. The molecule has 3 rings (SSSR count). The monoisotopic (exact) mass is 415 g/mol. The molecule has 0 radical (unpaired) electrons. The van der Waals surface area contributed by atoms with Gasteiger partial charge < -0.3 is 25.3 Å². The lowest BCUT2D eigenvalue weighted by Crippen LogP contribution is -2.42. The summed E-state index contributed by atoms with van der Waals surface area (Å²) in [6.45, 7) is 0.835. The van der Waals surface area contributed by atoms with Gasteiger partial charge in [0.1, 0.15) is 5.75 Å². The first-order valence-electron chi connectivity index (χ1n) is 10.3. The molecule has 0 bridgehead atoms. The number of aliphatic hydroxyl groups is 2. The third-order valence-corrected chi connectivity index (χ3v) is 5.56. The largest absolute Gasteiger partial charge is 0.508 e. The van der Waals surface area contributed by atoms with Crippen LogP contribution in [0.1, 0.15) is 55.3 Å². The van der Waals surface area contributed by atoms with E-state index < -0.39 is 17.7 Å². The zero-order valence-electron chi connectivity index (χ0n) is 17.7. The summed E-state index contributed by atoms with van der Waals surface area (Å²) in [7, 11) is 4.08. The quantitative estimate of drug-likeness (QED) is 0.576. The Morgan fingerprint density at radius 2 is 1.53 bits per heavy atom. The second-order valence-corrected chi connectivity index (χ2v) is 8.22. The molecule has 2 aromatic rings. The lowest BCUT2D eigenvalue weighted by molar-refractivity contribution is -0.146. The average Bonchev–Trinajstić information content (AvgIpc) is 2.73. The summed E-state index contributed by atoms with van der Waals surface area (Å²) in [6.07, 6.45) is 3.80. The third-order valence-electron chi connectivity index (χ3n) is 5.56. The van der Waals surface area contributed by atoms with Gasteiger partial charge in [-0.1, -0.05) is 61.7 Å². The summed E-state index contributed by atoms with van der Waals surface area (Å²) in [4.78, 5) is 12.4. The summed E-state index contributed by atoms with van der Waals surface area (Å²) >= 11 is 0. The standard InChI is InChI=1S/C16H25NO2.C8H8O3/c1-17(2)12-15(13-6-8-14(18)9-7-13)16(19)10-4-3-5-11-16;9-7(8(10)11)6-4-2-1-3-5-6/h6-9,15,18-19H,3-5,10-12H2,1-2H3;1-5,7,9H,(H,10,11). The number of rotatable bonds is 6. The van der Waals surface area contributed by atoms with Gasteiger partial charge in [-0.15, -0.1) is 0 Å². The van der Waals surface area contributed by atoms with Crippen molar-refractivity contribution in [2.45, 2.75) is 49.7 Å². The predicted molar refractivity (Wildman–Crippen MR) is 116 cm³/mol. The second-order valence-electron chi connectivity index (χ2n) is 8.22. The topological polar surface area (TPSA) is 101 Å². The number of carbonyl (C=O) groups is 1. The van der Waals surface area contributed by atoms with Crippen molar-refractivity contribution in [3.63, 3.8) is 0 Å². The number of phenolic OH excluding ortho intramolecular Hbond substituents is 1. The van der Waals surface area contributed by atoms with Crippen LogP contribution in [0.2, 0.25) is 0 Å². The van der Waals surface area contributed by atoms with E-state index >= 15 is 0 Å². The minimum atomic E-state index is -1.41. The fourth-order valence-corrected chi connectivity index (χ4v) is 3.95. The molecule has 0 aliphatic heterocycles. The molecule has 1 aliphatic rings. The number of aliphatic carboxylic acids is 1. The van der Waals surface area contributed by atoms with Crippen LogP contribution in [0.15, 0.2) is 54.6 Å². The van der Waals surface area contributed by atoms with Crippen molar-refractivity contribution in [1.82, 2.24) is 4.90 Å². The SMILES string of the molecule is CN(C)CC(c1ccc(O)cc1)C1(O)CCCCC1.O=C(O)C(O)c1ccccc1. The fraction of sp³-hybridized carbons (Fsp3) is 0.458. The van der Waals surface area contributed by atoms with Gasteiger partial charge in [-0.3, -0.25) is 0 Å². The van der Waals surface area contributed by atoms with Gasteiger partial charge >= 0.3 is 5.97 Å². The Bertz CT molecular complexity index is 770. The normalized spacial score (nSPS) is 17.5. The number of phenols is 1. The molecule has 2 unspecified atom stereocenters. The van der Waals surface area contributed by atoms with Crippen LogP contribution >= 0.6 is 0 Å². The number of benzene rings is 2. The predicted octanol–water partition coefficient (Wildman–Crippen LogP) is 3.54. The van der Waals surface area contributed by atoms with Gasteiger partial charge in [0, 0.05) is 12.5 Å². The van der Waals surface area contributed by atoms with E-state index in [1.54, 1.807) is 42.5 Å². The van der Waals surface area contributed by atoms with Crippen molar-refractivity contribution in [2.75, 3.05) is 20.6 Å².